The van der Waals surface area contributed by atoms with Crippen LogP contribution in [0.25, 0.3) is 67.8 Å². The normalized spacial score (nSPS) is 16.6. The van der Waals surface area contributed by atoms with Crippen molar-refractivity contribution in [1.82, 2.24) is 0 Å². The molecule has 1 heterocycles. The van der Waals surface area contributed by atoms with E-state index >= 15 is 0 Å². The number of aryl methyl sites for hydroxylation is 2. The molecule has 0 aromatic heterocycles. The molecule has 1 aliphatic heterocycles. The van der Waals surface area contributed by atoms with Crippen LogP contribution in [0.5, 0.6) is 0 Å². The molecular weight excluding hydrogens is 959 g/mol. The van der Waals surface area contributed by atoms with Crippen molar-refractivity contribution >= 4 is 52.3 Å². The van der Waals surface area contributed by atoms with Crippen LogP contribution >= 0.6 is 17.0 Å². The molecule has 68 heavy (non-hydrogen) atoms. The van der Waals surface area contributed by atoms with Crippen LogP contribution in [-0.4, -0.2) is 9.52 Å². The Labute approximate surface area is 414 Å². The molecule has 8 aromatic carbocycles. The Balaban J connectivity index is 1.23. The monoisotopic (exact) mass is 1020 g/mol. The van der Waals surface area contributed by atoms with Crippen molar-refractivity contribution < 1.29 is 16.4 Å². The topological polar surface area (TPSA) is 0 Å². The van der Waals surface area contributed by atoms with E-state index < -0.39 is 25.9 Å². The van der Waals surface area contributed by atoms with E-state index in [0.29, 0.717) is 0 Å². The van der Waals surface area contributed by atoms with Gasteiger partial charge in [0.25, 0.3) is 0 Å². The average molecular weight is 1020 g/mol. The average Bonchev–Trinajstić information content (AvgIpc) is 4.08. The molecule has 3 aliphatic rings. The van der Waals surface area contributed by atoms with Crippen LogP contribution in [0.3, 0.4) is 0 Å². The molecule has 0 saturated heterocycles. The van der Waals surface area contributed by atoms with Gasteiger partial charge in [0.15, 0.2) is 0 Å². The molecule has 2 aliphatic carbocycles. The molecule has 0 N–H and O–H groups in total. The number of halogens is 2. The van der Waals surface area contributed by atoms with E-state index in [1.54, 1.807) is 0 Å². The van der Waals surface area contributed by atoms with E-state index in [1.165, 1.54) is 114 Å². The molecule has 2 atom stereocenters. The predicted molar refractivity (Wildman–Crippen MR) is 296 cm³/mol. The molecular formula is C64H59Cl2SiZr. The van der Waals surface area contributed by atoms with Crippen molar-refractivity contribution in [2.24, 2.45) is 0 Å². The number of benzene rings is 8. The van der Waals surface area contributed by atoms with Gasteiger partial charge in [0.1, 0.15) is 0 Å². The summed E-state index contributed by atoms with van der Waals surface area (Å²) in [6.45, 7) is 9.27. The minimum absolute atomic E-state index is 0.130. The second kappa shape index (κ2) is 18.3. The maximum absolute atomic E-state index is 9.59. The summed E-state index contributed by atoms with van der Waals surface area (Å²) in [5.41, 5.74) is 23.7. The summed E-state index contributed by atoms with van der Waals surface area (Å²) in [5, 5.41) is 2.96. The van der Waals surface area contributed by atoms with Gasteiger partial charge >= 0.3 is 418 Å². The summed E-state index contributed by atoms with van der Waals surface area (Å²) in [4.78, 5) is 0. The number of fused-ring (bicyclic) bond motifs is 5. The van der Waals surface area contributed by atoms with Crippen molar-refractivity contribution in [2.75, 3.05) is 0 Å². The summed E-state index contributed by atoms with van der Waals surface area (Å²) in [7, 11) is 18.3. The summed E-state index contributed by atoms with van der Waals surface area (Å²) in [6.07, 6.45) is 10.9. The van der Waals surface area contributed by atoms with Gasteiger partial charge in [-0.25, -0.2) is 0 Å². The zero-order valence-corrected chi connectivity index (χ0v) is 45.1. The van der Waals surface area contributed by atoms with Crippen LogP contribution in [0.2, 0.25) is 0 Å². The summed E-state index contributed by atoms with van der Waals surface area (Å²) < 4.78 is 1.04. The molecule has 337 valence electrons. The molecule has 0 amide bonds. The van der Waals surface area contributed by atoms with Crippen LogP contribution in [0.4, 0.5) is 0 Å². The van der Waals surface area contributed by atoms with E-state index in [-0.39, 0.29) is 7.25 Å². The standard InChI is InChI=1S/2C26H25.C12H9Si.2ClH.Zr/c2*1-3-10-19-17-22-16-15-20(4-2)26(25(22)18-19)24-14-9-8-13-23(24)21-11-6-5-7-12-21;1-3-7-11-9(5-1)10-6-2-4-8-12(10)13-11;;;/h2*5-9,11-18H,3-4,10H2,1-2H3;1-7H,13H2;2*1H;/q;;;;;+2/p-2. The van der Waals surface area contributed by atoms with Gasteiger partial charge in [-0.2, -0.15) is 0 Å². The van der Waals surface area contributed by atoms with E-state index in [0.717, 1.165) is 38.5 Å². The van der Waals surface area contributed by atoms with Gasteiger partial charge in [-0.1, -0.05) is 0 Å². The van der Waals surface area contributed by atoms with Gasteiger partial charge in [0.2, 0.25) is 0 Å². The Morgan fingerprint density at radius 1 is 0.426 bits per heavy atom. The Morgan fingerprint density at radius 3 is 1.32 bits per heavy atom. The second-order valence-electron chi connectivity index (χ2n) is 19.4. The first kappa shape index (κ1) is 45.4. The molecule has 11 rings (SSSR count). The number of hydrogen-bond donors (Lipinski definition) is 0. The molecule has 0 radical (unpaired) electrons. The first-order valence-electron chi connectivity index (χ1n) is 25.1. The quantitative estimate of drug-likeness (QED) is 0.101. The predicted octanol–water partition coefficient (Wildman–Crippen LogP) is 16.1. The number of allylic oxidation sites excluding steroid dienone is 2. The summed E-state index contributed by atoms with van der Waals surface area (Å²) >= 11 is -5.79. The second-order valence-corrected chi connectivity index (χ2v) is 41.8. The Hall–Kier alpha value is -5.08. The fraction of sp³-hybridized carbons (Fsp3) is 0.188. The van der Waals surface area contributed by atoms with Gasteiger partial charge in [0.05, 0.1) is 0 Å². The van der Waals surface area contributed by atoms with Crippen molar-refractivity contribution in [2.45, 2.75) is 73.5 Å². The molecule has 0 bridgehead atoms. The fourth-order valence-corrected chi connectivity index (χ4v) is 40.8. The van der Waals surface area contributed by atoms with Crippen LogP contribution < -0.4 is 13.6 Å². The molecule has 0 spiro atoms. The third-order valence-corrected chi connectivity index (χ3v) is 38.4. The zero-order chi connectivity index (χ0) is 46.6. The molecule has 8 aromatic rings. The van der Waals surface area contributed by atoms with Gasteiger partial charge in [-0.3, -0.25) is 0 Å². The third-order valence-electron chi connectivity index (χ3n) is 15.6. The minimum atomic E-state index is -5.79. The SMILES string of the molecule is CCCC1=Cc2c(ccc(CC)c2-c2ccccc2-c2ccccc2)[CH]1[Zr]([Cl])([Cl])([c]1cccc2c1[SiH2]c1ccccc1-2)[CH]1C(CCC)=Cc2c1ccc(CC)c2-c1ccccc1-c1ccccc1. The van der Waals surface area contributed by atoms with Crippen LogP contribution in [0, 0.1) is 0 Å². The zero-order valence-electron chi connectivity index (χ0n) is 39.8. The number of rotatable bonds is 13. The summed E-state index contributed by atoms with van der Waals surface area (Å²) in [6, 6.07) is 65.8. The first-order chi connectivity index (χ1) is 33.3. The maximum atomic E-state index is 9.59. The Morgan fingerprint density at radius 2 is 0.853 bits per heavy atom. The van der Waals surface area contributed by atoms with E-state index in [4.69, 9.17) is 0 Å². The van der Waals surface area contributed by atoms with Crippen molar-refractivity contribution in [3.05, 3.63) is 220 Å². The van der Waals surface area contributed by atoms with Crippen LogP contribution in [0.15, 0.2) is 187 Å². The number of hydrogen-bond acceptors (Lipinski definition) is 0. The molecule has 0 nitrogen and oxygen atoms in total. The van der Waals surface area contributed by atoms with Crippen LogP contribution in [0.1, 0.15) is 94.0 Å². The third kappa shape index (κ3) is 7.23. The molecule has 0 fully saturated rings. The Kier molecular flexibility index (Phi) is 12.2. The summed E-state index contributed by atoms with van der Waals surface area (Å²) in [5.74, 6) is 0. The van der Waals surface area contributed by atoms with Gasteiger partial charge < -0.3 is 0 Å². The van der Waals surface area contributed by atoms with Crippen LogP contribution in [-0.2, 0) is 29.2 Å². The fourth-order valence-electron chi connectivity index (χ4n) is 12.8. The van der Waals surface area contributed by atoms with Gasteiger partial charge in [0, 0.05) is 0 Å². The molecule has 0 saturated carbocycles. The van der Waals surface area contributed by atoms with E-state index in [9.17, 15) is 17.0 Å². The Bertz CT molecular complexity index is 3140. The first-order valence-corrected chi connectivity index (χ1v) is 36.9. The van der Waals surface area contributed by atoms with Crippen molar-refractivity contribution in [1.29, 1.82) is 0 Å². The van der Waals surface area contributed by atoms with E-state index in [2.05, 4.69) is 216 Å². The van der Waals surface area contributed by atoms with Crippen molar-refractivity contribution in [3.8, 4) is 55.6 Å². The van der Waals surface area contributed by atoms with Gasteiger partial charge in [-0.15, -0.1) is 0 Å². The molecule has 4 heteroatoms. The van der Waals surface area contributed by atoms with Crippen molar-refractivity contribution in [3.63, 3.8) is 0 Å². The molecule has 2 unspecified atom stereocenters. The van der Waals surface area contributed by atoms with E-state index in [1.807, 2.05) is 0 Å². The van der Waals surface area contributed by atoms with Gasteiger partial charge in [-0.05, 0) is 0 Å².